The zero-order valence-electron chi connectivity index (χ0n) is 18.6. The van der Waals surface area contributed by atoms with Crippen LogP contribution in [0.3, 0.4) is 0 Å². The van der Waals surface area contributed by atoms with E-state index < -0.39 is 5.82 Å². The summed E-state index contributed by atoms with van der Waals surface area (Å²) in [5, 5.41) is 0.0934. The molecular formula is C25H28ClFN2O2. The van der Waals surface area contributed by atoms with E-state index in [1.165, 1.54) is 6.07 Å². The van der Waals surface area contributed by atoms with Gasteiger partial charge < -0.3 is 9.47 Å². The summed E-state index contributed by atoms with van der Waals surface area (Å²) in [5.74, 6) is 1.17. The molecule has 31 heavy (non-hydrogen) atoms. The predicted molar refractivity (Wildman–Crippen MR) is 122 cm³/mol. The van der Waals surface area contributed by atoms with E-state index in [0.717, 1.165) is 24.1 Å². The van der Waals surface area contributed by atoms with Crippen LogP contribution in [0.1, 0.15) is 52.1 Å². The minimum atomic E-state index is -0.464. The summed E-state index contributed by atoms with van der Waals surface area (Å²) >= 11 is 5.93. The lowest BCUT2D eigenvalue weighted by Crippen LogP contribution is -2.44. The molecule has 0 radical (unpaired) electrons. The Kier molecular flexibility index (Phi) is 5.61. The molecule has 0 atom stereocenters. The third kappa shape index (κ3) is 4.48. The Labute approximate surface area is 188 Å². The number of rotatable bonds is 4. The van der Waals surface area contributed by atoms with Crippen LogP contribution < -0.4 is 4.74 Å². The highest BCUT2D eigenvalue weighted by Crippen LogP contribution is 2.44. The van der Waals surface area contributed by atoms with Crippen molar-refractivity contribution >= 4 is 11.6 Å². The predicted octanol–water partition coefficient (Wildman–Crippen LogP) is 6.79. The lowest BCUT2D eigenvalue weighted by Gasteiger charge is -2.45. The number of methoxy groups -OCH3 is 1. The van der Waals surface area contributed by atoms with Gasteiger partial charge in [0, 0.05) is 12.1 Å². The molecule has 1 aromatic heterocycles. The Morgan fingerprint density at radius 2 is 1.77 bits per heavy atom. The molecule has 4 nitrogen and oxygen atoms in total. The fraction of sp³-hybridized carbons (Fsp3) is 0.400. The summed E-state index contributed by atoms with van der Waals surface area (Å²) in [6.45, 7) is 8.47. The van der Waals surface area contributed by atoms with Crippen LogP contribution >= 0.6 is 11.6 Å². The van der Waals surface area contributed by atoms with Crippen LogP contribution in [-0.4, -0.2) is 27.9 Å². The van der Waals surface area contributed by atoms with E-state index in [9.17, 15) is 4.39 Å². The van der Waals surface area contributed by atoms with Gasteiger partial charge in [0.1, 0.15) is 17.4 Å². The summed E-state index contributed by atoms with van der Waals surface area (Å²) in [6, 6.07) is 12.5. The molecule has 0 aliphatic carbocycles. The van der Waals surface area contributed by atoms with E-state index in [-0.39, 0.29) is 22.1 Å². The Balaban J connectivity index is 1.87. The minimum Gasteiger partial charge on any atom is -0.496 e. The fourth-order valence-corrected chi connectivity index (χ4v) is 4.86. The lowest BCUT2D eigenvalue weighted by atomic mass is 9.79. The van der Waals surface area contributed by atoms with Gasteiger partial charge in [0.05, 0.1) is 40.3 Å². The molecule has 4 rings (SSSR count). The summed E-state index contributed by atoms with van der Waals surface area (Å²) < 4.78 is 28.1. The number of hydrogen-bond donors (Lipinski definition) is 0. The SMILES string of the molecule is COc1ccccc1-c1nc(C2CC(C)(C)OC(C)(C)C2)cn1-c1ccc(Cl)c(F)c1. The van der Waals surface area contributed by atoms with Crippen molar-refractivity contribution in [2.75, 3.05) is 7.11 Å². The maximum absolute atomic E-state index is 14.3. The minimum absolute atomic E-state index is 0.0934. The summed E-state index contributed by atoms with van der Waals surface area (Å²) in [6.07, 6.45) is 3.72. The summed E-state index contributed by atoms with van der Waals surface area (Å²) in [5.41, 5.74) is 1.95. The smallest absolute Gasteiger partial charge is 0.148 e. The zero-order chi connectivity index (χ0) is 22.4. The molecule has 1 fully saturated rings. The van der Waals surface area contributed by atoms with E-state index >= 15 is 0 Å². The van der Waals surface area contributed by atoms with E-state index in [1.807, 2.05) is 35.0 Å². The molecule has 0 bridgehead atoms. The van der Waals surface area contributed by atoms with Crippen molar-refractivity contribution in [3.05, 3.63) is 65.2 Å². The van der Waals surface area contributed by atoms with E-state index in [1.54, 1.807) is 19.2 Å². The molecule has 3 aromatic rings. The van der Waals surface area contributed by atoms with Crippen LogP contribution in [0.2, 0.25) is 5.02 Å². The molecule has 1 saturated heterocycles. The third-order valence-corrected chi connectivity index (χ3v) is 6.01. The first-order chi connectivity index (χ1) is 14.6. The number of benzene rings is 2. The number of nitrogens with zero attached hydrogens (tertiary/aromatic N) is 2. The quantitative estimate of drug-likeness (QED) is 0.446. The van der Waals surface area contributed by atoms with Gasteiger partial charge in [-0.05, 0) is 70.9 Å². The van der Waals surface area contributed by atoms with Crippen LogP contribution in [0.4, 0.5) is 4.39 Å². The van der Waals surface area contributed by atoms with Crippen molar-refractivity contribution in [1.29, 1.82) is 0 Å². The molecule has 6 heteroatoms. The highest BCUT2D eigenvalue weighted by Gasteiger charge is 2.41. The first-order valence-corrected chi connectivity index (χ1v) is 10.8. The molecule has 1 aliphatic rings. The number of aromatic nitrogens is 2. The van der Waals surface area contributed by atoms with Gasteiger partial charge >= 0.3 is 0 Å². The van der Waals surface area contributed by atoms with E-state index in [2.05, 4.69) is 27.7 Å². The van der Waals surface area contributed by atoms with Crippen molar-refractivity contribution in [3.63, 3.8) is 0 Å². The van der Waals surface area contributed by atoms with Gasteiger partial charge in [-0.2, -0.15) is 0 Å². The highest BCUT2D eigenvalue weighted by atomic mass is 35.5. The Morgan fingerprint density at radius 3 is 2.42 bits per heavy atom. The number of ether oxygens (including phenoxy) is 2. The topological polar surface area (TPSA) is 36.3 Å². The van der Waals surface area contributed by atoms with Crippen LogP contribution in [0.25, 0.3) is 17.1 Å². The highest BCUT2D eigenvalue weighted by molar-refractivity contribution is 6.30. The molecule has 0 amide bonds. The maximum Gasteiger partial charge on any atom is 0.148 e. The average Bonchev–Trinajstić information content (AvgIpc) is 3.13. The van der Waals surface area contributed by atoms with Gasteiger partial charge in [-0.25, -0.2) is 9.37 Å². The molecule has 0 N–H and O–H groups in total. The second-order valence-corrected chi connectivity index (χ2v) is 9.79. The van der Waals surface area contributed by atoms with Gasteiger partial charge in [-0.15, -0.1) is 0 Å². The van der Waals surface area contributed by atoms with Crippen LogP contribution in [0, 0.1) is 5.82 Å². The fourth-order valence-electron chi connectivity index (χ4n) is 4.75. The van der Waals surface area contributed by atoms with Gasteiger partial charge in [-0.1, -0.05) is 23.7 Å². The van der Waals surface area contributed by atoms with Crippen LogP contribution in [0.15, 0.2) is 48.7 Å². The number of halogens is 2. The summed E-state index contributed by atoms with van der Waals surface area (Å²) in [4.78, 5) is 5.04. The standard InChI is InChI=1S/C25H28ClFN2O2/c1-24(2)13-16(14-25(3,4)31-24)21-15-29(17-10-11-19(26)20(27)12-17)23(28-21)18-8-6-7-9-22(18)30-5/h6-12,15-16H,13-14H2,1-5H3. The normalized spacial score (nSPS) is 18.2. The molecule has 0 unspecified atom stereocenters. The first kappa shape index (κ1) is 21.8. The number of para-hydroxylation sites is 1. The number of imidazole rings is 1. The van der Waals surface area contributed by atoms with Gasteiger partial charge in [0.2, 0.25) is 0 Å². The van der Waals surface area contributed by atoms with Gasteiger partial charge in [0.25, 0.3) is 0 Å². The largest absolute Gasteiger partial charge is 0.496 e. The lowest BCUT2D eigenvalue weighted by molar-refractivity contribution is -0.162. The molecule has 164 valence electrons. The summed E-state index contributed by atoms with van der Waals surface area (Å²) in [7, 11) is 1.64. The average molecular weight is 443 g/mol. The third-order valence-electron chi connectivity index (χ3n) is 5.70. The zero-order valence-corrected chi connectivity index (χ0v) is 19.3. The van der Waals surface area contributed by atoms with Crippen molar-refractivity contribution in [1.82, 2.24) is 9.55 Å². The van der Waals surface area contributed by atoms with Crippen LogP contribution in [-0.2, 0) is 4.74 Å². The van der Waals surface area contributed by atoms with E-state index in [4.69, 9.17) is 26.1 Å². The monoisotopic (exact) mass is 442 g/mol. The second-order valence-electron chi connectivity index (χ2n) is 9.38. The van der Waals surface area contributed by atoms with Gasteiger partial charge in [-0.3, -0.25) is 4.57 Å². The van der Waals surface area contributed by atoms with E-state index in [0.29, 0.717) is 17.3 Å². The van der Waals surface area contributed by atoms with Crippen molar-refractivity contribution in [2.24, 2.45) is 0 Å². The van der Waals surface area contributed by atoms with Crippen molar-refractivity contribution in [2.45, 2.75) is 57.7 Å². The Hall–Kier alpha value is -2.37. The number of hydrogen-bond acceptors (Lipinski definition) is 3. The molecule has 1 aliphatic heterocycles. The van der Waals surface area contributed by atoms with Crippen LogP contribution in [0.5, 0.6) is 5.75 Å². The molecule has 2 aromatic carbocycles. The molecular weight excluding hydrogens is 415 g/mol. The van der Waals surface area contributed by atoms with Crippen molar-refractivity contribution in [3.8, 4) is 22.8 Å². The van der Waals surface area contributed by atoms with Gasteiger partial charge in [0.15, 0.2) is 0 Å². The van der Waals surface area contributed by atoms with Crippen molar-refractivity contribution < 1.29 is 13.9 Å². The Bertz CT molecular complexity index is 1090. The molecule has 0 saturated carbocycles. The Morgan fingerprint density at radius 1 is 1.10 bits per heavy atom. The molecule has 0 spiro atoms. The second kappa shape index (κ2) is 7.95. The maximum atomic E-state index is 14.3. The first-order valence-electron chi connectivity index (χ1n) is 10.5. The molecule has 2 heterocycles.